The topological polar surface area (TPSA) is 80.3 Å². The standard InChI is InChI=1S/C23H25ClO7/c1-23(2,3)31-22(26)20-15(13-29-17-11-9-16(24)10-12-17)7-6-8-18(20)30-19(14-27-4)21(25)28-5/h6-12,14H,13H2,1-5H3. The monoisotopic (exact) mass is 448 g/mol. The number of benzene rings is 2. The van der Waals surface area contributed by atoms with E-state index in [1.54, 1.807) is 57.2 Å². The Balaban J connectivity index is 2.42. The molecule has 2 aromatic carbocycles. The molecule has 0 N–H and O–H groups in total. The third-order valence-electron chi connectivity index (χ3n) is 3.75. The van der Waals surface area contributed by atoms with Crippen molar-refractivity contribution in [2.24, 2.45) is 0 Å². The fourth-order valence-corrected chi connectivity index (χ4v) is 2.60. The van der Waals surface area contributed by atoms with Crippen molar-refractivity contribution >= 4 is 23.5 Å². The molecule has 0 heterocycles. The van der Waals surface area contributed by atoms with Crippen molar-refractivity contribution in [1.82, 2.24) is 0 Å². The first-order chi connectivity index (χ1) is 14.6. The smallest absolute Gasteiger partial charge is 0.377 e. The number of carbonyl (C=O) groups is 2. The molecule has 0 spiro atoms. The molecule has 0 aliphatic rings. The molecule has 0 aliphatic heterocycles. The van der Waals surface area contributed by atoms with E-state index in [-0.39, 0.29) is 23.7 Å². The van der Waals surface area contributed by atoms with Crippen LogP contribution in [-0.4, -0.2) is 31.8 Å². The highest BCUT2D eigenvalue weighted by Crippen LogP contribution is 2.29. The average Bonchev–Trinajstić information content (AvgIpc) is 2.71. The van der Waals surface area contributed by atoms with E-state index < -0.39 is 17.5 Å². The summed E-state index contributed by atoms with van der Waals surface area (Å²) >= 11 is 5.90. The molecule has 0 fully saturated rings. The zero-order chi connectivity index (χ0) is 23.0. The maximum Gasteiger partial charge on any atom is 0.377 e. The quantitative estimate of drug-likeness (QED) is 0.322. The van der Waals surface area contributed by atoms with E-state index in [4.69, 9.17) is 35.3 Å². The predicted molar refractivity (Wildman–Crippen MR) is 115 cm³/mol. The second-order valence-electron chi connectivity index (χ2n) is 7.35. The largest absolute Gasteiger partial charge is 0.500 e. The number of methoxy groups -OCH3 is 2. The number of hydrogen-bond acceptors (Lipinski definition) is 7. The first-order valence-electron chi connectivity index (χ1n) is 9.37. The third kappa shape index (κ3) is 7.22. The van der Waals surface area contributed by atoms with E-state index >= 15 is 0 Å². The third-order valence-corrected chi connectivity index (χ3v) is 4.01. The highest BCUT2D eigenvalue weighted by Gasteiger charge is 2.26. The second-order valence-corrected chi connectivity index (χ2v) is 7.78. The van der Waals surface area contributed by atoms with Crippen LogP contribution >= 0.6 is 11.6 Å². The summed E-state index contributed by atoms with van der Waals surface area (Å²) in [6.45, 7) is 5.31. The van der Waals surface area contributed by atoms with Crippen molar-refractivity contribution in [3.05, 3.63) is 70.6 Å². The van der Waals surface area contributed by atoms with E-state index in [0.717, 1.165) is 6.26 Å². The van der Waals surface area contributed by atoms with Crippen molar-refractivity contribution in [2.75, 3.05) is 14.2 Å². The molecular formula is C23H25ClO7. The van der Waals surface area contributed by atoms with Crippen molar-refractivity contribution < 1.29 is 33.3 Å². The van der Waals surface area contributed by atoms with Crippen LogP contribution in [0.5, 0.6) is 11.5 Å². The van der Waals surface area contributed by atoms with Gasteiger partial charge in [0.05, 0.1) is 14.2 Å². The fraction of sp³-hybridized carbons (Fsp3) is 0.304. The summed E-state index contributed by atoms with van der Waals surface area (Å²) in [5.74, 6) is -0.953. The molecule has 2 rings (SSSR count). The Morgan fingerprint density at radius 3 is 2.29 bits per heavy atom. The molecule has 0 aromatic heterocycles. The normalized spacial score (nSPS) is 11.5. The Kier molecular flexibility index (Phi) is 8.33. The summed E-state index contributed by atoms with van der Waals surface area (Å²) in [4.78, 5) is 25.0. The summed E-state index contributed by atoms with van der Waals surface area (Å²) in [5, 5.41) is 0.581. The lowest BCUT2D eigenvalue weighted by atomic mass is 10.1. The van der Waals surface area contributed by atoms with Gasteiger partial charge in [-0.1, -0.05) is 23.7 Å². The molecule has 31 heavy (non-hydrogen) atoms. The van der Waals surface area contributed by atoms with Crippen LogP contribution in [0.15, 0.2) is 54.5 Å². The number of rotatable bonds is 8. The van der Waals surface area contributed by atoms with E-state index in [9.17, 15) is 9.59 Å². The van der Waals surface area contributed by atoms with Gasteiger partial charge in [-0.25, -0.2) is 9.59 Å². The highest BCUT2D eigenvalue weighted by atomic mass is 35.5. The molecule has 0 aliphatic carbocycles. The number of ether oxygens (including phenoxy) is 5. The summed E-state index contributed by atoms with van der Waals surface area (Å²) in [6, 6.07) is 11.7. The van der Waals surface area contributed by atoms with Crippen molar-refractivity contribution in [2.45, 2.75) is 33.0 Å². The number of esters is 2. The van der Waals surface area contributed by atoms with Gasteiger partial charge in [0.1, 0.15) is 35.5 Å². The van der Waals surface area contributed by atoms with Crippen LogP contribution in [0.3, 0.4) is 0 Å². The van der Waals surface area contributed by atoms with Crippen molar-refractivity contribution in [1.29, 1.82) is 0 Å². The van der Waals surface area contributed by atoms with Gasteiger partial charge in [0.2, 0.25) is 5.76 Å². The average molecular weight is 449 g/mol. The molecule has 0 atom stereocenters. The van der Waals surface area contributed by atoms with E-state index in [1.807, 2.05) is 0 Å². The lowest BCUT2D eigenvalue weighted by Gasteiger charge is -2.22. The summed E-state index contributed by atoms with van der Waals surface area (Å²) in [5.41, 5.74) is -0.118. The molecule has 8 heteroatoms. The summed E-state index contributed by atoms with van der Waals surface area (Å²) in [7, 11) is 2.57. The van der Waals surface area contributed by atoms with Crippen LogP contribution in [0, 0.1) is 0 Å². The van der Waals surface area contributed by atoms with Gasteiger partial charge >= 0.3 is 11.9 Å². The number of halogens is 1. The number of hydrogen-bond donors (Lipinski definition) is 0. The van der Waals surface area contributed by atoms with Gasteiger partial charge in [-0.05, 0) is 51.1 Å². The SMILES string of the molecule is COC=C(Oc1cccc(COc2ccc(Cl)cc2)c1C(=O)OC(C)(C)C)C(=O)OC. The van der Waals surface area contributed by atoms with Crippen LogP contribution in [0.1, 0.15) is 36.7 Å². The molecule has 0 radical (unpaired) electrons. The molecule has 0 saturated heterocycles. The van der Waals surface area contributed by atoms with Gasteiger partial charge in [0.15, 0.2) is 0 Å². The van der Waals surface area contributed by atoms with Gasteiger partial charge < -0.3 is 23.7 Å². The van der Waals surface area contributed by atoms with Crippen molar-refractivity contribution in [3.8, 4) is 11.5 Å². The van der Waals surface area contributed by atoms with E-state index in [2.05, 4.69) is 0 Å². The minimum atomic E-state index is -0.764. The van der Waals surface area contributed by atoms with Crippen LogP contribution in [0.4, 0.5) is 0 Å². The maximum atomic E-state index is 13.0. The molecule has 2 aromatic rings. The minimum absolute atomic E-state index is 0.0506. The molecule has 0 saturated carbocycles. The van der Waals surface area contributed by atoms with Gasteiger partial charge in [-0.3, -0.25) is 0 Å². The Bertz CT molecular complexity index is 943. The maximum absolute atomic E-state index is 13.0. The Hall–Kier alpha value is -3.19. The van der Waals surface area contributed by atoms with Gasteiger partial charge in [-0.15, -0.1) is 0 Å². The Morgan fingerprint density at radius 1 is 1.03 bits per heavy atom. The Labute approximate surface area is 186 Å². The van der Waals surface area contributed by atoms with Crippen LogP contribution in [0.2, 0.25) is 5.02 Å². The predicted octanol–water partition coefficient (Wildman–Crippen LogP) is 4.91. The molecule has 166 valence electrons. The van der Waals surface area contributed by atoms with E-state index in [0.29, 0.717) is 16.3 Å². The lowest BCUT2D eigenvalue weighted by Crippen LogP contribution is -2.25. The molecular weight excluding hydrogens is 424 g/mol. The number of carbonyl (C=O) groups excluding carboxylic acids is 2. The molecule has 0 bridgehead atoms. The minimum Gasteiger partial charge on any atom is -0.500 e. The van der Waals surface area contributed by atoms with Crippen molar-refractivity contribution in [3.63, 3.8) is 0 Å². The van der Waals surface area contributed by atoms with Crippen LogP contribution in [0.25, 0.3) is 0 Å². The van der Waals surface area contributed by atoms with Gasteiger partial charge in [0, 0.05) is 10.6 Å². The molecule has 0 unspecified atom stereocenters. The van der Waals surface area contributed by atoms with Crippen LogP contribution in [-0.2, 0) is 25.6 Å². The summed E-state index contributed by atoms with van der Waals surface area (Å²) < 4.78 is 26.6. The molecule has 7 nitrogen and oxygen atoms in total. The van der Waals surface area contributed by atoms with Gasteiger partial charge in [0.25, 0.3) is 0 Å². The summed E-state index contributed by atoms with van der Waals surface area (Å²) in [6.07, 6.45) is 1.08. The highest BCUT2D eigenvalue weighted by molar-refractivity contribution is 6.30. The zero-order valence-electron chi connectivity index (χ0n) is 18.1. The first-order valence-corrected chi connectivity index (χ1v) is 9.75. The first kappa shape index (κ1) is 24.1. The lowest BCUT2D eigenvalue weighted by molar-refractivity contribution is -0.138. The van der Waals surface area contributed by atoms with Gasteiger partial charge in [-0.2, -0.15) is 0 Å². The Morgan fingerprint density at radius 2 is 1.71 bits per heavy atom. The van der Waals surface area contributed by atoms with E-state index in [1.165, 1.54) is 20.3 Å². The zero-order valence-corrected chi connectivity index (χ0v) is 18.8. The second kappa shape index (κ2) is 10.7. The van der Waals surface area contributed by atoms with Crippen LogP contribution < -0.4 is 9.47 Å². The molecule has 0 amide bonds. The fourth-order valence-electron chi connectivity index (χ4n) is 2.47.